The second-order valence-electron chi connectivity index (χ2n) is 3.83. The molecule has 1 fully saturated rings. The summed E-state index contributed by atoms with van der Waals surface area (Å²) in [4.78, 5) is 15.0. The summed E-state index contributed by atoms with van der Waals surface area (Å²) in [5.41, 5.74) is 0. The standard InChI is InChI=1S/C10H14N2O3/c1-7(13)10-11-9(12-15-10)6-8-2-4-14-5-3-8/h8H,2-6H2,1H3. The molecule has 0 bridgehead atoms. The van der Waals surface area contributed by atoms with Crippen molar-refractivity contribution in [3.8, 4) is 0 Å². The van der Waals surface area contributed by atoms with Crippen LogP contribution in [0.1, 0.15) is 36.3 Å². The van der Waals surface area contributed by atoms with Crippen molar-refractivity contribution in [1.82, 2.24) is 10.1 Å². The Morgan fingerprint density at radius 2 is 2.20 bits per heavy atom. The first-order valence-corrected chi connectivity index (χ1v) is 5.17. The Bertz CT molecular complexity index is 342. The molecule has 1 aliphatic heterocycles. The van der Waals surface area contributed by atoms with Crippen LogP contribution in [0.25, 0.3) is 0 Å². The van der Waals surface area contributed by atoms with Crippen LogP contribution in [0.4, 0.5) is 0 Å². The van der Waals surface area contributed by atoms with Gasteiger partial charge in [-0.25, -0.2) is 0 Å². The number of nitrogens with zero attached hydrogens (tertiary/aromatic N) is 2. The van der Waals surface area contributed by atoms with Crippen molar-refractivity contribution in [3.05, 3.63) is 11.7 Å². The predicted molar refractivity (Wildman–Crippen MR) is 51.5 cm³/mol. The molecule has 0 unspecified atom stereocenters. The van der Waals surface area contributed by atoms with Gasteiger partial charge in [0.05, 0.1) is 0 Å². The largest absolute Gasteiger partial charge is 0.381 e. The average molecular weight is 210 g/mol. The number of carbonyl (C=O) groups excluding carboxylic acids is 1. The van der Waals surface area contributed by atoms with Crippen molar-refractivity contribution in [2.24, 2.45) is 5.92 Å². The first-order chi connectivity index (χ1) is 7.25. The lowest BCUT2D eigenvalue weighted by Crippen LogP contribution is -2.18. The SMILES string of the molecule is CC(=O)c1nc(CC2CCOCC2)no1. The van der Waals surface area contributed by atoms with Crippen LogP contribution in [-0.2, 0) is 11.2 Å². The minimum absolute atomic E-state index is 0.108. The van der Waals surface area contributed by atoms with Crippen molar-refractivity contribution in [3.63, 3.8) is 0 Å². The van der Waals surface area contributed by atoms with Gasteiger partial charge in [0.2, 0.25) is 5.78 Å². The zero-order valence-corrected chi connectivity index (χ0v) is 8.73. The van der Waals surface area contributed by atoms with Gasteiger partial charge in [0.1, 0.15) is 0 Å². The smallest absolute Gasteiger partial charge is 0.293 e. The van der Waals surface area contributed by atoms with Gasteiger partial charge in [-0.05, 0) is 18.8 Å². The number of hydrogen-bond donors (Lipinski definition) is 0. The minimum Gasteiger partial charge on any atom is -0.381 e. The van der Waals surface area contributed by atoms with Gasteiger partial charge in [-0.1, -0.05) is 5.16 Å². The Morgan fingerprint density at radius 3 is 2.80 bits per heavy atom. The molecule has 0 aliphatic carbocycles. The lowest BCUT2D eigenvalue weighted by molar-refractivity contribution is 0.0658. The number of aromatic nitrogens is 2. The lowest BCUT2D eigenvalue weighted by Gasteiger charge is -2.20. The molecule has 1 aromatic rings. The van der Waals surface area contributed by atoms with E-state index in [2.05, 4.69) is 10.1 Å². The second-order valence-corrected chi connectivity index (χ2v) is 3.83. The first kappa shape index (κ1) is 10.3. The van der Waals surface area contributed by atoms with E-state index in [0.29, 0.717) is 11.7 Å². The van der Waals surface area contributed by atoms with E-state index < -0.39 is 0 Å². The van der Waals surface area contributed by atoms with Crippen LogP contribution >= 0.6 is 0 Å². The van der Waals surface area contributed by atoms with Crippen molar-refractivity contribution < 1.29 is 14.1 Å². The van der Waals surface area contributed by atoms with E-state index in [-0.39, 0.29) is 11.7 Å². The van der Waals surface area contributed by atoms with Gasteiger partial charge < -0.3 is 9.26 Å². The van der Waals surface area contributed by atoms with Crippen molar-refractivity contribution in [1.29, 1.82) is 0 Å². The molecule has 82 valence electrons. The van der Waals surface area contributed by atoms with E-state index >= 15 is 0 Å². The summed E-state index contributed by atoms with van der Waals surface area (Å²) in [6.45, 7) is 3.04. The third kappa shape index (κ3) is 2.62. The van der Waals surface area contributed by atoms with E-state index in [4.69, 9.17) is 9.26 Å². The summed E-state index contributed by atoms with van der Waals surface area (Å²) in [6, 6.07) is 0. The molecule has 0 saturated carbocycles. The van der Waals surface area contributed by atoms with E-state index in [1.54, 1.807) is 0 Å². The molecule has 1 aromatic heterocycles. The summed E-state index contributed by atoms with van der Waals surface area (Å²) in [5.74, 6) is 1.11. The van der Waals surface area contributed by atoms with Crippen molar-refractivity contribution >= 4 is 5.78 Å². The maximum absolute atomic E-state index is 10.9. The maximum atomic E-state index is 10.9. The Labute approximate surface area is 87.8 Å². The molecule has 2 rings (SSSR count). The highest BCUT2D eigenvalue weighted by molar-refractivity contribution is 5.89. The third-order valence-electron chi connectivity index (χ3n) is 2.58. The van der Waals surface area contributed by atoms with Crippen molar-refractivity contribution in [2.75, 3.05) is 13.2 Å². The lowest BCUT2D eigenvalue weighted by atomic mass is 9.96. The highest BCUT2D eigenvalue weighted by Gasteiger charge is 2.18. The van der Waals surface area contributed by atoms with Crippen molar-refractivity contribution in [2.45, 2.75) is 26.2 Å². The quantitative estimate of drug-likeness (QED) is 0.702. The fraction of sp³-hybridized carbons (Fsp3) is 0.700. The van der Waals surface area contributed by atoms with Crippen LogP contribution in [-0.4, -0.2) is 29.1 Å². The summed E-state index contributed by atoms with van der Waals surface area (Å²) in [6.07, 6.45) is 2.84. The molecule has 0 N–H and O–H groups in total. The number of ether oxygens (including phenoxy) is 1. The molecule has 1 aliphatic rings. The van der Waals surface area contributed by atoms with Gasteiger partial charge >= 0.3 is 0 Å². The number of rotatable bonds is 3. The van der Waals surface area contributed by atoms with E-state index in [1.165, 1.54) is 6.92 Å². The second kappa shape index (κ2) is 4.53. The molecule has 1 saturated heterocycles. The third-order valence-corrected chi connectivity index (χ3v) is 2.58. The molecule has 0 radical (unpaired) electrons. The highest BCUT2D eigenvalue weighted by atomic mass is 16.5. The molecule has 15 heavy (non-hydrogen) atoms. The Hall–Kier alpha value is -1.23. The monoisotopic (exact) mass is 210 g/mol. The van der Waals surface area contributed by atoms with Gasteiger partial charge in [-0.3, -0.25) is 4.79 Å². The van der Waals surface area contributed by atoms with Gasteiger partial charge in [0, 0.05) is 26.6 Å². The van der Waals surface area contributed by atoms with Gasteiger partial charge in [-0.15, -0.1) is 0 Å². The number of hydrogen-bond acceptors (Lipinski definition) is 5. The van der Waals surface area contributed by atoms with Gasteiger partial charge in [-0.2, -0.15) is 4.98 Å². The molecule has 5 nitrogen and oxygen atoms in total. The molecular weight excluding hydrogens is 196 g/mol. The fourth-order valence-electron chi connectivity index (χ4n) is 1.69. The van der Waals surface area contributed by atoms with E-state index in [9.17, 15) is 4.79 Å². The Morgan fingerprint density at radius 1 is 1.47 bits per heavy atom. The summed E-state index contributed by atoms with van der Waals surface area (Å²) in [7, 11) is 0. The fourth-order valence-corrected chi connectivity index (χ4v) is 1.69. The summed E-state index contributed by atoms with van der Waals surface area (Å²) < 4.78 is 10.1. The van der Waals surface area contributed by atoms with E-state index in [0.717, 1.165) is 32.5 Å². The topological polar surface area (TPSA) is 65.2 Å². The molecule has 0 atom stereocenters. The molecule has 2 heterocycles. The molecule has 0 spiro atoms. The average Bonchev–Trinajstić information content (AvgIpc) is 2.68. The molecular formula is C10H14N2O3. The zero-order valence-electron chi connectivity index (χ0n) is 8.73. The maximum Gasteiger partial charge on any atom is 0.293 e. The Balaban J connectivity index is 1.94. The normalized spacial score (nSPS) is 17.9. The van der Waals surface area contributed by atoms with E-state index in [1.807, 2.05) is 0 Å². The molecule has 5 heteroatoms. The van der Waals surface area contributed by atoms with Crippen LogP contribution < -0.4 is 0 Å². The van der Waals surface area contributed by atoms with Gasteiger partial charge in [0.25, 0.3) is 5.89 Å². The van der Waals surface area contributed by atoms with Crippen LogP contribution in [0.2, 0.25) is 0 Å². The molecule has 0 amide bonds. The first-order valence-electron chi connectivity index (χ1n) is 5.17. The van der Waals surface area contributed by atoms with Crippen LogP contribution in [0.3, 0.4) is 0 Å². The van der Waals surface area contributed by atoms with Gasteiger partial charge in [0.15, 0.2) is 5.82 Å². The highest BCUT2D eigenvalue weighted by Crippen LogP contribution is 2.18. The molecule has 0 aromatic carbocycles. The number of carbonyl (C=O) groups is 1. The predicted octanol–water partition coefficient (Wildman–Crippen LogP) is 1.24. The Kier molecular flexibility index (Phi) is 3.11. The minimum atomic E-state index is -0.180. The van der Waals surface area contributed by atoms with Crippen LogP contribution in [0, 0.1) is 5.92 Å². The summed E-state index contributed by atoms with van der Waals surface area (Å²) in [5, 5.41) is 3.78. The summed E-state index contributed by atoms with van der Waals surface area (Å²) >= 11 is 0. The number of ketones is 1. The number of Topliss-reactive ketones (excluding diaryl/α,β-unsaturated/α-hetero) is 1. The zero-order chi connectivity index (χ0) is 10.7. The van der Waals surface area contributed by atoms with Crippen LogP contribution in [0.15, 0.2) is 4.52 Å². The van der Waals surface area contributed by atoms with Crippen LogP contribution in [0.5, 0.6) is 0 Å².